The summed E-state index contributed by atoms with van der Waals surface area (Å²) in [7, 11) is 4.19. The maximum atomic E-state index is 5.77. The maximum absolute atomic E-state index is 5.77. The van der Waals surface area contributed by atoms with Crippen molar-refractivity contribution in [1.29, 1.82) is 0 Å². The average molecular weight is 325 g/mol. The molecule has 0 bridgehead atoms. The van der Waals surface area contributed by atoms with Gasteiger partial charge >= 0.3 is 0 Å². The Labute approximate surface area is 123 Å². The molecule has 0 unspecified atom stereocenters. The molecule has 0 atom stereocenters. The molecule has 2 rings (SSSR count). The summed E-state index contributed by atoms with van der Waals surface area (Å²) in [6, 6.07) is 4.11. The van der Waals surface area contributed by atoms with Crippen LogP contribution in [0.1, 0.15) is 18.9 Å². The van der Waals surface area contributed by atoms with Gasteiger partial charge in [-0.2, -0.15) is 0 Å². The molecule has 3 nitrogen and oxygen atoms in total. The molecule has 104 valence electrons. The lowest BCUT2D eigenvalue weighted by atomic mass is 10.1. The van der Waals surface area contributed by atoms with E-state index >= 15 is 0 Å². The van der Waals surface area contributed by atoms with E-state index in [1.54, 1.807) is 0 Å². The summed E-state index contributed by atoms with van der Waals surface area (Å²) in [6.07, 6.45) is 4.15. The Morgan fingerprint density at radius 1 is 1.32 bits per heavy atom. The van der Waals surface area contributed by atoms with Crippen LogP contribution >= 0.6 is 15.9 Å². The molecule has 0 aliphatic heterocycles. The number of aromatic amines is 1. The van der Waals surface area contributed by atoms with Gasteiger partial charge < -0.3 is 14.6 Å². The van der Waals surface area contributed by atoms with E-state index in [2.05, 4.69) is 59.1 Å². The van der Waals surface area contributed by atoms with Crippen molar-refractivity contribution in [2.75, 3.05) is 27.2 Å². The zero-order valence-electron chi connectivity index (χ0n) is 11.8. The van der Waals surface area contributed by atoms with E-state index in [1.165, 1.54) is 10.9 Å². The van der Waals surface area contributed by atoms with Crippen molar-refractivity contribution in [3.05, 3.63) is 28.4 Å². The van der Waals surface area contributed by atoms with E-state index in [0.29, 0.717) is 0 Å². The number of nitrogens with zero attached hydrogens (tertiary/aromatic N) is 1. The van der Waals surface area contributed by atoms with Crippen LogP contribution in [0.25, 0.3) is 10.9 Å². The highest BCUT2D eigenvalue weighted by Gasteiger charge is 2.12. The smallest absolute Gasteiger partial charge is 0.134 e. The quantitative estimate of drug-likeness (QED) is 0.874. The lowest BCUT2D eigenvalue weighted by Gasteiger charge is -2.11. The van der Waals surface area contributed by atoms with Crippen LogP contribution in [0, 0.1) is 0 Å². The fourth-order valence-corrected chi connectivity index (χ4v) is 2.81. The van der Waals surface area contributed by atoms with Gasteiger partial charge in [-0.3, -0.25) is 0 Å². The van der Waals surface area contributed by atoms with E-state index in [-0.39, 0.29) is 0 Å². The minimum atomic E-state index is 0.752. The number of rotatable bonds is 6. The number of likely N-dealkylation sites (N-methyl/N-ethyl adjacent to an activating group) is 1. The van der Waals surface area contributed by atoms with E-state index in [1.807, 2.05) is 6.07 Å². The third kappa shape index (κ3) is 3.31. The summed E-state index contributed by atoms with van der Waals surface area (Å²) in [5.41, 5.74) is 2.49. The van der Waals surface area contributed by atoms with Crippen molar-refractivity contribution >= 4 is 26.8 Å². The second-order valence-electron chi connectivity index (χ2n) is 5.02. The highest BCUT2D eigenvalue weighted by atomic mass is 79.9. The fourth-order valence-electron chi connectivity index (χ4n) is 2.09. The summed E-state index contributed by atoms with van der Waals surface area (Å²) >= 11 is 3.69. The van der Waals surface area contributed by atoms with Gasteiger partial charge in [0.05, 0.1) is 11.1 Å². The Bertz CT molecular complexity index is 548. The summed E-state index contributed by atoms with van der Waals surface area (Å²) in [5.74, 6) is 0.931. The number of hydrogen-bond donors (Lipinski definition) is 1. The van der Waals surface area contributed by atoms with Crippen molar-refractivity contribution in [3.63, 3.8) is 0 Å². The molecular formula is C15H21BrN2O. The molecule has 19 heavy (non-hydrogen) atoms. The van der Waals surface area contributed by atoms with Gasteiger partial charge in [-0.05, 0) is 60.6 Å². The van der Waals surface area contributed by atoms with E-state index < -0.39 is 0 Å². The number of aromatic nitrogens is 1. The van der Waals surface area contributed by atoms with Crippen molar-refractivity contribution in [2.45, 2.75) is 19.8 Å². The Balaban J connectivity index is 2.32. The first-order valence-electron chi connectivity index (χ1n) is 6.69. The number of fused-ring (bicyclic) bond motifs is 1. The second-order valence-corrected chi connectivity index (χ2v) is 5.81. The predicted molar refractivity (Wildman–Crippen MR) is 84.0 cm³/mol. The maximum Gasteiger partial charge on any atom is 0.134 e. The van der Waals surface area contributed by atoms with Gasteiger partial charge in [0.2, 0.25) is 0 Å². The molecule has 1 N–H and O–H groups in total. The van der Waals surface area contributed by atoms with Crippen LogP contribution < -0.4 is 4.74 Å². The number of ether oxygens (including phenoxy) is 1. The number of H-pyrrole nitrogens is 1. The van der Waals surface area contributed by atoms with Gasteiger partial charge in [0.15, 0.2) is 0 Å². The minimum Gasteiger partial charge on any atom is -0.492 e. The molecule has 4 heteroatoms. The monoisotopic (exact) mass is 324 g/mol. The van der Waals surface area contributed by atoms with Gasteiger partial charge in [0, 0.05) is 23.6 Å². The molecule has 1 aromatic carbocycles. The van der Waals surface area contributed by atoms with Crippen LogP contribution in [0.4, 0.5) is 0 Å². The molecule has 0 radical (unpaired) electrons. The van der Waals surface area contributed by atoms with E-state index in [0.717, 1.165) is 41.7 Å². The third-order valence-corrected chi connectivity index (χ3v) is 3.91. The summed E-state index contributed by atoms with van der Waals surface area (Å²) < 4.78 is 6.84. The van der Waals surface area contributed by atoms with Crippen LogP contribution in [0.3, 0.4) is 0 Å². The molecule has 1 heterocycles. The Morgan fingerprint density at radius 2 is 2.11 bits per heavy atom. The Morgan fingerprint density at radius 3 is 2.79 bits per heavy atom. The number of nitrogens with one attached hydrogen (secondary N) is 1. The van der Waals surface area contributed by atoms with E-state index in [4.69, 9.17) is 4.74 Å². The first-order valence-corrected chi connectivity index (χ1v) is 7.48. The normalized spacial score (nSPS) is 11.4. The molecule has 2 aromatic rings. The molecule has 0 saturated carbocycles. The molecule has 1 aromatic heterocycles. The van der Waals surface area contributed by atoms with Crippen LogP contribution in [0.5, 0.6) is 5.75 Å². The zero-order valence-corrected chi connectivity index (χ0v) is 13.4. The molecule has 0 fully saturated rings. The van der Waals surface area contributed by atoms with Crippen LogP contribution in [-0.2, 0) is 6.42 Å². The molecular weight excluding hydrogens is 304 g/mol. The second kappa shape index (κ2) is 6.44. The van der Waals surface area contributed by atoms with Crippen molar-refractivity contribution in [2.24, 2.45) is 0 Å². The average Bonchev–Trinajstić information content (AvgIpc) is 2.79. The topological polar surface area (TPSA) is 28.3 Å². The standard InChI is InChI=1S/C15H21BrN2O/c1-4-9-19-13-6-5-12-14(15(13)16)11(10-17-12)7-8-18(2)3/h5-6,10,17H,4,7-9H2,1-3H3. The van der Waals surface area contributed by atoms with Gasteiger partial charge in [-0.1, -0.05) is 6.92 Å². The van der Waals surface area contributed by atoms with Gasteiger partial charge in [0.25, 0.3) is 0 Å². The summed E-state index contributed by atoms with van der Waals surface area (Å²) in [6.45, 7) is 3.91. The molecule has 0 spiro atoms. The number of halogens is 1. The highest BCUT2D eigenvalue weighted by Crippen LogP contribution is 2.35. The molecule has 0 aliphatic rings. The van der Waals surface area contributed by atoms with Crippen LogP contribution in [0.2, 0.25) is 0 Å². The SMILES string of the molecule is CCCOc1ccc2[nH]cc(CCN(C)C)c2c1Br. The first-order chi connectivity index (χ1) is 9.13. The molecule has 0 aliphatic carbocycles. The van der Waals surface area contributed by atoms with Gasteiger partial charge in [0.1, 0.15) is 5.75 Å². The highest BCUT2D eigenvalue weighted by molar-refractivity contribution is 9.10. The lowest BCUT2D eigenvalue weighted by Crippen LogP contribution is -2.14. The fraction of sp³-hybridized carbons (Fsp3) is 0.467. The lowest BCUT2D eigenvalue weighted by molar-refractivity contribution is 0.316. The Kier molecular flexibility index (Phi) is 4.88. The minimum absolute atomic E-state index is 0.752. The van der Waals surface area contributed by atoms with Crippen molar-refractivity contribution in [1.82, 2.24) is 9.88 Å². The summed E-state index contributed by atoms with van der Waals surface area (Å²) in [5, 5.41) is 1.25. The van der Waals surface area contributed by atoms with Crippen molar-refractivity contribution in [3.8, 4) is 5.75 Å². The van der Waals surface area contributed by atoms with Crippen LogP contribution in [-0.4, -0.2) is 37.1 Å². The largest absolute Gasteiger partial charge is 0.492 e. The van der Waals surface area contributed by atoms with Crippen LogP contribution in [0.15, 0.2) is 22.8 Å². The third-order valence-electron chi connectivity index (χ3n) is 3.12. The van der Waals surface area contributed by atoms with Gasteiger partial charge in [-0.15, -0.1) is 0 Å². The summed E-state index contributed by atoms with van der Waals surface area (Å²) in [4.78, 5) is 5.53. The molecule has 0 amide bonds. The first kappa shape index (κ1) is 14.4. The Hall–Kier alpha value is -1.00. The molecule has 0 saturated heterocycles. The van der Waals surface area contributed by atoms with Crippen molar-refractivity contribution < 1.29 is 4.74 Å². The zero-order chi connectivity index (χ0) is 13.8. The predicted octanol–water partition coefficient (Wildman–Crippen LogP) is 3.82. The van der Waals surface area contributed by atoms with Gasteiger partial charge in [-0.25, -0.2) is 0 Å². The number of benzene rings is 1. The number of hydrogen-bond acceptors (Lipinski definition) is 2. The van der Waals surface area contributed by atoms with E-state index in [9.17, 15) is 0 Å².